The molecule has 4 unspecified atom stereocenters. The molecule has 4 atom stereocenters. The van der Waals surface area contributed by atoms with Crippen molar-refractivity contribution in [3.05, 3.63) is 168 Å². The number of benzene rings is 4. The highest BCUT2D eigenvalue weighted by atomic mass is 17.2. The smallest absolute Gasteiger partial charge is 0.133 e. The average Bonchev–Trinajstić information content (AvgIpc) is 3.01. The van der Waals surface area contributed by atoms with Gasteiger partial charge in [-0.3, -0.25) is 0 Å². The van der Waals surface area contributed by atoms with Crippen molar-refractivity contribution in [2.45, 2.75) is 77.4 Å². The molecule has 44 heavy (non-hydrogen) atoms. The molecule has 2 nitrogen and oxygen atoms in total. The first-order valence-corrected chi connectivity index (χ1v) is 15.7. The molecule has 0 saturated heterocycles. The summed E-state index contributed by atoms with van der Waals surface area (Å²) >= 11 is 0. The van der Waals surface area contributed by atoms with E-state index in [2.05, 4.69) is 178 Å². The van der Waals surface area contributed by atoms with Gasteiger partial charge in [-0.15, -0.1) is 0 Å². The zero-order valence-corrected chi connectivity index (χ0v) is 27.9. The summed E-state index contributed by atoms with van der Waals surface area (Å²) in [6.45, 7) is 26.7. The van der Waals surface area contributed by atoms with Crippen LogP contribution in [0, 0.1) is 11.8 Å². The van der Waals surface area contributed by atoms with Crippen molar-refractivity contribution in [1.29, 1.82) is 0 Å². The number of hydrogen-bond donors (Lipinski definition) is 0. The minimum Gasteiger partial charge on any atom is -0.224 e. The van der Waals surface area contributed by atoms with E-state index in [1.165, 1.54) is 11.1 Å². The predicted octanol–water partition coefficient (Wildman–Crippen LogP) is 11.1. The lowest BCUT2D eigenvalue weighted by atomic mass is 9.62. The first-order chi connectivity index (χ1) is 20.8. The maximum Gasteiger partial charge on any atom is 0.133 e. The Kier molecular flexibility index (Phi) is 9.88. The molecule has 4 aromatic rings. The normalized spacial score (nSPS) is 16.3. The number of hydrogen-bond acceptors (Lipinski definition) is 2. The Hall–Kier alpha value is -3.72. The van der Waals surface area contributed by atoms with Crippen molar-refractivity contribution in [2.75, 3.05) is 0 Å². The molecule has 0 radical (unpaired) electrons. The third-order valence-corrected chi connectivity index (χ3v) is 9.65. The molecule has 0 aliphatic carbocycles. The molecule has 0 amide bonds. The minimum atomic E-state index is -0.890. The van der Waals surface area contributed by atoms with Gasteiger partial charge in [-0.25, -0.2) is 9.78 Å². The maximum atomic E-state index is 7.03. The van der Waals surface area contributed by atoms with Gasteiger partial charge in [0.15, 0.2) is 0 Å². The zero-order valence-electron chi connectivity index (χ0n) is 27.9. The summed E-state index contributed by atoms with van der Waals surface area (Å²) in [5.74, 6) is -0.268. The van der Waals surface area contributed by atoms with Crippen LogP contribution in [0.5, 0.6) is 0 Å². The molecule has 0 aromatic heterocycles. The third kappa shape index (κ3) is 6.39. The van der Waals surface area contributed by atoms with Crippen molar-refractivity contribution in [2.24, 2.45) is 11.8 Å². The van der Waals surface area contributed by atoms with Gasteiger partial charge in [0.1, 0.15) is 11.2 Å². The van der Waals surface area contributed by atoms with Gasteiger partial charge in [-0.05, 0) is 60.8 Å². The molecule has 2 heteroatoms. The van der Waals surface area contributed by atoms with E-state index in [4.69, 9.17) is 9.78 Å². The van der Waals surface area contributed by atoms with Crippen LogP contribution in [0.4, 0.5) is 0 Å². The minimum absolute atomic E-state index is 0.134. The molecule has 4 rings (SSSR count). The van der Waals surface area contributed by atoms with Crippen molar-refractivity contribution in [1.82, 2.24) is 0 Å². The fraction of sp³-hybridized carbons (Fsp3) is 0.333. The standard InChI is InChI=1S/C42H50O2/c1-31(2)37(39(5,6)33-23-15-11-16-24-33)41(9,35-27-19-13-20-28-35)43-44-42(10,36-29-21-14-22-30-36)38(32(3)4)40(7,8)34-25-17-12-18-26-34/h11-30,37-38H,1,3H2,2,4-10H3. The van der Waals surface area contributed by atoms with E-state index in [0.717, 1.165) is 22.3 Å². The van der Waals surface area contributed by atoms with Gasteiger partial charge in [0.2, 0.25) is 0 Å². The van der Waals surface area contributed by atoms with Crippen molar-refractivity contribution in [3.63, 3.8) is 0 Å². The topological polar surface area (TPSA) is 18.5 Å². The van der Waals surface area contributed by atoms with Crippen molar-refractivity contribution >= 4 is 0 Å². The SMILES string of the molecule is C=C(C)C(C(C)(C)c1ccccc1)C(C)(OOC(C)(c1ccccc1)C(C(=C)C)C(C)(C)c1ccccc1)c1ccccc1. The van der Waals surface area contributed by atoms with E-state index in [1.807, 2.05) is 12.1 Å². The van der Waals surface area contributed by atoms with Gasteiger partial charge in [-0.1, -0.05) is 173 Å². The average molecular weight is 587 g/mol. The van der Waals surface area contributed by atoms with Crippen LogP contribution >= 0.6 is 0 Å². The predicted molar refractivity (Wildman–Crippen MR) is 185 cm³/mol. The Morgan fingerprint density at radius 3 is 0.886 bits per heavy atom. The third-order valence-electron chi connectivity index (χ3n) is 9.65. The fourth-order valence-electron chi connectivity index (χ4n) is 7.86. The van der Waals surface area contributed by atoms with Crippen molar-refractivity contribution < 1.29 is 9.78 Å². The Bertz CT molecular complexity index is 1400. The monoisotopic (exact) mass is 586 g/mol. The molecule has 0 bridgehead atoms. The Morgan fingerprint density at radius 1 is 0.432 bits per heavy atom. The van der Waals surface area contributed by atoms with Gasteiger partial charge < -0.3 is 0 Å². The van der Waals surface area contributed by atoms with E-state index in [0.29, 0.717) is 0 Å². The summed E-state index contributed by atoms with van der Waals surface area (Å²) in [7, 11) is 0. The van der Waals surface area contributed by atoms with Crippen molar-refractivity contribution in [3.8, 4) is 0 Å². The summed E-state index contributed by atoms with van der Waals surface area (Å²) in [5, 5.41) is 0. The highest BCUT2D eigenvalue weighted by Crippen LogP contribution is 2.53. The highest BCUT2D eigenvalue weighted by molar-refractivity contribution is 5.36. The molecule has 0 aliphatic heterocycles. The first kappa shape index (κ1) is 33.2. The lowest BCUT2D eigenvalue weighted by Crippen LogP contribution is -2.50. The molecule has 0 aliphatic rings. The van der Waals surface area contributed by atoms with Crippen LogP contribution in [0.15, 0.2) is 146 Å². The van der Waals surface area contributed by atoms with E-state index < -0.39 is 11.2 Å². The van der Waals surface area contributed by atoms with Crippen LogP contribution in [0.3, 0.4) is 0 Å². The summed E-state index contributed by atoms with van der Waals surface area (Å²) in [4.78, 5) is 14.1. The van der Waals surface area contributed by atoms with Crippen LogP contribution in [0.25, 0.3) is 0 Å². The highest BCUT2D eigenvalue weighted by Gasteiger charge is 2.52. The van der Waals surface area contributed by atoms with Gasteiger partial charge in [0, 0.05) is 11.8 Å². The molecule has 4 aromatic carbocycles. The quantitative estimate of drug-likeness (QED) is 0.0881. The first-order valence-electron chi connectivity index (χ1n) is 15.7. The molecule has 0 N–H and O–H groups in total. The van der Waals surface area contributed by atoms with Gasteiger partial charge in [0.25, 0.3) is 0 Å². The Morgan fingerprint density at radius 2 is 0.659 bits per heavy atom. The molecule has 0 spiro atoms. The lowest BCUT2D eigenvalue weighted by molar-refractivity contribution is -0.436. The van der Waals surface area contributed by atoms with Gasteiger partial charge >= 0.3 is 0 Å². The molecule has 0 saturated carbocycles. The Labute approximate surface area is 266 Å². The van der Waals surface area contributed by atoms with Crippen LogP contribution in [0.1, 0.15) is 77.6 Å². The van der Waals surface area contributed by atoms with E-state index in [1.54, 1.807) is 0 Å². The van der Waals surface area contributed by atoms with Crippen LogP contribution in [-0.2, 0) is 31.8 Å². The molecular weight excluding hydrogens is 536 g/mol. The summed E-state index contributed by atoms with van der Waals surface area (Å²) in [6.07, 6.45) is 0. The summed E-state index contributed by atoms with van der Waals surface area (Å²) in [6, 6.07) is 42.1. The van der Waals surface area contributed by atoms with Gasteiger partial charge in [0.05, 0.1) is 0 Å². The van der Waals surface area contributed by atoms with E-state index in [-0.39, 0.29) is 22.7 Å². The van der Waals surface area contributed by atoms with Crippen LogP contribution in [-0.4, -0.2) is 0 Å². The molecule has 230 valence electrons. The maximum absolute atomic E-state index is 7.03. The molecule has 0 heterocycles. The molecule has 0 fully saturated rings. The second kappa shape index (κ2) is 13.1. The summed E-state index contributed by atoms with van der Waals surface area (Å²) < 4.78 is 0. The van der Waals surface area contributed by atoms with Crippen LogP contribution < -0.4 is 0 Å². The van der Waals surface area contributed by atoms with Crippen LogP contribution in [0.2, 0.25) is 0 Å². The zero-order chi connectivity index (χ0) is 32.2. The summed E-state index contributed by atoms with van der Waals surface area (Å²) in [5.41, 5.74) is 4.10. The van der Waals surface area contributed by atoms with E-state index in [9.17, 15) is 0 Å². The number of rotatable bonds is 13. The fourth-order valence-corrected chi connectivity index (χ4v) is 7.86. The van der Waals surface area contributed by atoms with E-state index >= 15 is 0 Å². The van der Waals surface area contributed by atoms with Gasteiger partial charge in [-0.2, -0.15) is 0 Å². The second-order valence-corrected chi connectivity index (χ2v) is 13.8. The lowest BCUT2D eigenvalue weighted by Gasteiger charge is -2.50. The largest absolute Gasteiger partial charge is 0.224 e. The second-order valence-electron chi connectivity index (χ2n) is 13.8. The Balaban J connectivity index is 1.90. The molecular formula is C42H50O2.